The van der Waals surface area contributed by atoms with Gasteiger partial charge >= 0.3 is 0 Å². The molecule has 7 nitrogen and oxygen atoms in total. The number of rotatable bonds is 4. The second-order valence-electron chi connectivity index (χ2n) is 4.42. The van der Waals surface area contributed by atoms with Crippen molar-refractivity contribution in [2.75, 3.05) is 23.9 Å². The highest BCUT2D eigenvalue weighted by Gasteiger charge is 2.15. The molecule has 2 aromatic carbocycles. The van der Waals surface area contributed by atoms with Crippen LogP contribution in [0.5, 0.6) is 5.75 Å². The molecule has 0 aromatic heterocycles. The summed E-state index contributed by atoms with van der Waals surface area (Å²) in [5, 5.41) is 2.61. The third-order valence-electron chi connectivity index (χ3n) is 2.94. The first-order chi connectivity index (χ1) is 10.4. The quantitative estimate of drug-likeness (QED) is 0.501. The summed E-state index contributed by atoms with van der Waals surface area (Å²) in [5.41, 5.74) is 12.5. The van der Waals surface area contributed by atoms with Crippen LogP contribution in [0.25, 0.3) is 0 Å². The molecule has 0 saturated heterocycles. The van der Waals surface area contributed by atoms with E-state index in [0.717, 1.165) is 0 Å². The fourth-order valence-electron chi connectivity index (χ4n) is 1.82. The lowest BCUT2D eigenvalue weighted by Gasteiger charge is -2.13. The maximum absolute atomic E-state index is 12.2. The molecule has 0 spiro atoms. The second-order valence-corrected chi connectivity index (χ2v) is 5.35. The standard InChI is InChI=1S/C14H15N3O4S/c1-21-12-6-10(16)13(22(19)20)7-11(12)17-14(18)8-2-4-9(15)5-3-8/h2-7H,15-16H2,1H3,(H,17,18)(H,19,20). The Balaban J connectivity index is 2.35. The Labute approximate surface area is 129 Å². The minimum atomic E-state index is -2.27. The summed E-state index contributed by atoms with van der Waals surface area (Å²) in [6.45, 7) is 0. The van der Waals surface area contributed by atoms with Crippen molar-refractivity contribution in [3.8, 4) is 5.75 Å². The van der Waals surface area contributed by atoms with Crippen LogP contribution in [-0.4, -0.2) is 21.8 Å². The molecule has 8 heteroatoms. The first kappa shape index (κ1) is 15.8. The molecule has 6 N–H and O–H groups in total. The summed E-state index contributed by atoms with van der Waals surface area (Å²) in [6.07, 6.45) is 0. The third-order valence-corrected chi connectivity index (χ3v) is 3.67. The minimum absolute atomic E-state index is 0.00611. The van der Waals surface area contributed by atoms with Crippen LogP contribution < -0.4 is 21.5 Å². The molecule has 0 aliphatic carbocycles. The number of nitrogens with one attached hydrogen (secondary N) is 1. The van der Waals surface area contributed by atoms with E-state index in [9.17, 15) is 13.6 Å². The molecule has 0 saturated carbocycles. The smallest absolute Gasteiger partial charge is 0.255 e. The van der Waals surface area contributed by atoms with E-state index in [0.29, 0.717) is 11.3 Å². The average Bonchev–Trinajstić information content (AvgIpc) is 2.48. The van der Waals surface area contributed by atoms with E-state index in [-0.39, 0.29) is 22.0 Å². The molecule has 0 bridgehead atoms. The van der Waals surface area contributed by atoms with Crippen LogP contribution in [0, 0.1) is 0 Å². The fourth-order valence-corrected chi connectivity index (χ4v) is 2.30. The van der Waals surface area contributed by atoms with Gasteiger partial charge in [-0.1, -0.05) is 0 Å². The number of anilines is 3. The monoisotopic (exact) mass is 321 g/mol. The summed E-state index contributed by atoms with van der Waals surface area (Å²) < 4.78 is 25.6. The maximum Gasteiger partial charge on any atom is 0.255 e. The lowest BCUT2D eigenvalue weighted by Crippen LogP contribution is -2.13. The summed E-state index contributed by atoms with van der Waals surface area (Å²) >= 11 is -2.27. The predicted octanol–water partition coefficient (Wildman–Crippen LogP) is 1.69. The zero-order valence-corrected chi connectivity index (χ0v) is 12.5. The van der Waals surface area contributed by atoms with Gasteiger partial charge in [-0.25, -0.2) is 4.21 Å². The minimum Gasteiger partial charge on any atom is -0.494 e. The summed E-state index contributed by atoms with van der Waals surface area (Å²) in [6, 6.07) is 9.02. The van der Waals surface area contributed by atoms with Crippen molar-refractivity contribution in [1.82, 2.24) is 0 Å². The van der Waals surface area contributed by atoms with Crippen LogP contribution in [0.4, 0.5) is 17.1 Å². The number of methoxy groups -OCH3 is 1. The van der Waals surface area contributed by atoms with Gasteiger partial charge in [-0.3, -0.25) is 4.79 Å². The molecule has 1 unspecified atom stereocenters. The van der Waals surface area contributed by atoms with Gasteiger partial charge in [0, 0.05) is 17.3 Å². The van der Waals surface area contributed by atoms with Crippen LogP contribution >= 0.6 is 0 Å². The van der Waals surface area contributed by atoms with Crippen LogP contribution in [-0.2, 0) is 11.1 Å². The molecule has 2 rings (SSSR count). The number of carbonyl (C=O) groups is 1. The van der Waals surface area contributed by atoms with Gasteiger partial charge < -0.3 is 26.1 Å². The number of benzene rings is 2. The van der Waals surface area contributed by atoms with Gasteiger partial charge in [-0.2, -0.15) is 0 Å². The number of nitrogens with two attached hydrogens (primary N) is 2. The van der Waals surface area contributed by atoms with Gasteiger partial charge in [-0.15, -0.1) is 0 Å². The molecule has 0 radical (unpaired) electrons. The summed E-state index contributed by atoms with van der Waals surface area (Å²) in [4.78, 5) is 12.2. The van der Waals surface area contributed by atoms with Gasteiger partial charge in [0.05, 0.1) is 23.4 Å². The lowest BCUT2D eigenvalue weighted by atomic mass is 10.2. The molecule has 116 valence electrons. The van der Waals surface area contributed by atoms with Crippen molar-refractivity contribution in [2.45, 2.75) is 4.90 Å². The largest absolute Gasteiger partial charge is 0.494 e. The van der Waals surface area contributed by atoms with E-state index in [4.69, 9.17) is 16.2 Å². The SMILES string of the molecule is COc1cc(N)c(S(=O)O)cc1NC(=O)c1ccc(N)cc1. The highest BCUT2D eigenvalue weighted by molar-refractivity contribution is 7.79. The Bertz CT molecular complexity index is 732. The highest BCUT2D eigenvalue weighted by Crippen LogP contribution is 2.31. The van der Waals surface area contributed by atoms with Crippen molar-refractivity contribution < 1.29 is 18.3 Å². The van der Waals surface area contributed by atoms with Gasteiger partial charge in [0.25, 0.3) is 5.91 Å². The van der Waals surface area contributed by atoms with E-state index in [1.807, 2.05) is 0 Å². The molecule has 0 fully saturated rings. The number of nitrogen functional groups attached to an aromatic ring is 2. The Morgan fingerprint density at radius 2 is 1.86 bits per heavy atom. The van der Waals surface area contributed by atoms with Gasteiger partial charge in [-0.05, 0) is 30.3 Å². The van der Waals surface area contributed by atoms with Crippen LogP contribution in [0.2, 0.25) is 0 Å². The van der Waals surface area contributed by atoms with Crippen LogP contribution in [0.3, 0.4) is 0 Å². The predicted molar refractivity (Wildman–Crippen MR) is 85.3 cm³/mol. The normalized spacial score (nSPS) is 11.7. The molecule has 1 atom stereocenters. The van der Waals surface area contributed by atoms with Crippen molar-refractivity contribution in [3.05, 3.63) is 42.0 Å². The van der Waals surface area contributed by atoms with Crippen LogP contribution in [0.15, 0.2) is 41.3 Å². The van der Waals surface area contributed by atoms with E-state index in [1.165, 1.54) is 19.2 Å². The molecular formula is C14H15N3O4S. The molecule has 1 amide bonds. The van der Waals surface area contributed by atoms with Crippen molar-refractivity contribution in [3.63, 3.8) is 0 Å². The molecule has 22 heavy (non-hydrogen) atoms. The molecule has 0 heterocycles. The Kier molecular flexibility index (Phi) is 4.64. The Morgan fingerprint density at radius 3 is 2.41 bits per heavy atom. The number of carbonyl (C=O) groups excluding carboxylic acids is 1. The van der Waals surface area contributed by atoms with E-state index >= 15 is 0 Å². The van der Waals surface area contributed by atoms with E-state index in [2.05, 4.69) is 5.32 Å². The van der Waals surface area contributed by atoms with Crippen molar-refractivity contribution in [1.29, 1.82) is 0 Å². The average molecular weight is 321 g/mol. The summed E-state index contributed by atoms with van der Waals surface area (Å²) in [7, 11) is 1.41. The second kappa shape index (κ2) is 6.46. The Hall–Kier alpha value is -2.58. The first-order valence-corrected chi connectivity index (χ1v) is 7.28. The van der Waals surface area contributed by atoms with E-state index in [1.54, 1.807) is 24.3 Å². The van der Waals surface area contributed by atoms with Crippen molar-refractivity contribution >= 4 is 34.0 Å². The highest BCUT2D eigenvalue weighted by atomic mass is 32.2. The topological polar surface area (TPSA) is 128 Å². The van der Waals surface area contributed by atoms with E-state index < -0.39 is 17.0 Å². The zero-order valence-electron chi connectivity index (χ0n) is 11.7. The van der Waals surface area contributed by atoms with Gasteiger partial charge in [0.15, 0.2) is 11.1 Å². The Morgan fingerprint density at radius 1 is 1.23 bits per heavy atom. The summed E-state index contributed by atoms with van der Waals surface area (Å²) in [5.74, 6) is -0.117. The molecule has 0 aliphatic heterocycles. The lowest BCUT2D eigenvalue weighted by molar-refractivity contribution is 0.102. The number of amides is 1. The van der Waals surface area contributed by atoms with Crippen molar-refractivity contribution in [2.24, 2.45) is 0 Å². The van der Waals surface area contributed by atoms with Gasteiger partial charge in [0.1, 0.15) is 5.75 Å². The molecule has 2 aromatic rings. The molecule has 0 aliphatic rings. The van der Waals surface area contributed by atoms with Gasteiger partial charge in [0.2, 0.25) is 0 Å². The number of hydrogen-bond donors (Lipinski definition) is 4. The fraction of sp³-hybridized carbons (Fsp3) is 0.0714. The first-order valence-electron chi connectivity index (χ1n) is 6.17. The molecular weight excluding hydrogens is 306 g/mol. The number of hydrogen-bond acceptors (Lipinski definition) is 5. The number of ether oxygens (including phenoxy) is 1. The maximum atomic E-state index is 12.2. The third kappa shape index (κ3) is 3.35. The van der Waals surface area contributed by atoms with Crippen LogP contribution in [0.1, 0.15) is 10.4 Å². The zero-order chi connectivity index (χ0) is 16.3.